The number of benzene rings is 1. The lowest BCUT2D eigenvalue weighted by Gasteiger charge is -2.02. The number of fused-ring (bicyclic) bond motifs is 1. The molecule has 3 N–H and O–H groups in total. The van der Waals surface area contributed by atoms with Gasteiger partial charge in [-0.2, -0.15) is 0 Å². The fourth-order valence-electron chi connectivity index (χ4n) is 1.85. The van der Waals surface area contributed by atoms with E-state index < -0.39 is 0 Å². The van der Waals surface area contributed by atoms with Crippen LogP contribution < -0.4 is 10.5 Å². The second-order valence-corrected chi connectivity index (χ2v) is 4.30. The largest absolute Gasteiger partial charge is 0.494 e. The molecule has 100 valence electrons. The summed E-state index contributed by atoms with van der Waals surface area (Å²) < 4.78 is 7.04. The number of thiocarbonyl (C=S) groups is 1. The minimum Gasteiger partial charge on any atom is -0.494 e. The lowest BCUT2D eigenvalue weighted by molar-refractivity contribution is 0.340. The molecule has 1 aromatic carbocycles. The molecular formula is C12H14N4O2S. The molecule has 0 saturated heterocycles. The van der Waals surface area contributed by atoms with Crippen molar-refractivity contribution in [1.82, 2.24) is 4.57 Å². The van der Waals surface area contributed by atoms with E-state index in [1.54, 1.807) is 17.7 Å². The quantitative estimate of drug-likeness (QED) is 0.667. The maximum atomic E-state index is 10.0. The molecule has 0 aliphatic rings. The summed E-state index contributed by atoms with van der Waals surface area (Å²) in [5.74, 6) is 0.705. The number of aryl methyl sites for hydroxylation is 1. The summed E-state index contributed by atoms with van der Waals surface area (Å²) in [7, 11) is 1.73. The highest BCUT2D eigenvalue weighted by Gasteiger charge is 2.15. The number of nitrogens with zero attached hydrogens (tertiary/aromatic N) is 3. The van der Waals surface area contributed by atoms with Gasteiger partial charge in [-0.1, -0.05) is 0 Å². The van der Waals surface area contributed by atoms with Crippen LogP contribution in [0.15, 0.2) is 28.4 Å². The zero-order chi connectivity index (χ0) is 14.0. The van der Waals surface area contributed by atoms with Crippen LogP contribution in [0.1, 0.15) is 6.92 Å². The topological polar surface area (TPSA) is 85.1 Å². The van der Waals surface area contributed by atoms with Gasteiger partial charge in [0.05, 0.1) is 12.1 Å². The molecule has 1 aromatic heterocycles. The Kier molecular flexibility index (Phi) is 3.66. The second kappa shape index (κ2) is 5.23. The third kappa shape index (κ3) is 2.50. The number of aromatic hydroxyl groups is 1. The molecule has 0 radical (unpaired) electrons. The Hall–Kier alpha value is -2.15. The van der Waals surface area contributed by atoms with Crippen molar-refractivity contribution in [3.63, 3.8) is 0 Å². The van der Waals surface area contributed by atoms with E-state index in [2.05, 4.69) is 22.4 Å². The normalized spacial score (nSPS) is 11.3. The van der Waals surface area contributed by atoms with Crippen molar-refractivity contribution in [2.75, 3.05) is 6.61 Å². The molecule has 0 saturated carbocycles. The summed E-state index contributed by atoms with van der Waals surface area (Å²) in [5.41, 5.74) is 6.42. The summed E-state index contributed by atoms with van der Waals surface area (Å²) >= 11 is 4.64. The number of hydrogen-bond donors (Lipinski definition) is 2. The highest BCUT2D eigenvalue weighted by atomic mass is 32.1. The van der Waals surface area contributed by atoms with Crippen molar-refractivity contribution < 1.29 is 9.84 Å². The van der Waals surface area contributed by atoms with Crippen LogP contribution >= 0.6 is 12.2 Å². The molecule has 2 aromatic rings. The highest BCUT2D eigenvalue weighted by Crippen LogP contribution is 2.39. The summed E-state index contributed by atoms with van der Waals surface area (Å²) in [6.07, 6.45) is 0. The summed E-state index contributed by atoms with van der Waals surface area (Å²) in [6.45, 7) is 2.47. The Bertz CT molecular complexity index is 663. The fourth-order valence-corrected chi connectivity index (χ4v) is 1.89. The van der Waals surface area contributed by atoms with E-state index in [-0.39, 0.29) is 11.0 Å². The van der Waals surface area contributed by atoms with Gasteiger partial charge >= 0.3 is 0 Å². The summed E-state index contributed by atoms with van der Waals surface area (Å²) in [5, 5.41) is 18.2. The average molecular weight is 278 g/mol. The molecule has 0 fully saturated rings. The van der Waals surface area contributed by atoms with Gasteiger partial charge in [0.2, 0.25) is 11.0 Å². The van der Waals surface area contributed by atoms with Crippen molar-refractivity contribution in [3.8, 4) is 11.6 Å². The third-order valence-electron chi connectivity index (χ3n) is 2.67. The minimum atomic E-state index is -0.0858. The van der Waals surface area contributed by atoms with Crippen LogP contribution in [0.5, 0.6) is 11.6 Å². The lowest BCUT2D eigenvalue weighted by Crippen LogP contribution is -2.01. The Labute approximate surface area is 115 Å². The number of aromatic nitrogens is 1. The number of ether oxygens (including phenoxy) is 1. The number of nitrogens with two attached hydrogens (primary N) is 1. The van der Waals surface area contributed by atoms with E-state index in [0.717, 1.165) is 10.9 Å². The summed E-state index contributed by atoms with van der Waals surface area (Å²) in [6, 6.07) is 5.48. The van der Waals surface area contributed by atoms with Gasteiger partial charge in [0, 0.05) is 12.4 Å². The Balaban J connectivity index is 2.63. The lowest BCUT2D eigenvalue weighted by atomic mass is 10.2. The number of hydrogen-bond acceptors (Lipinski definition) is 4. The minimum absolute atomic E-state index is 0.00338. The molecule has 6 nitrogen and oxygen atoms in total. The standard InChI is InChI=1S/C12H14N4O2S/c1-3-18-7-4-5-9-8(6-7)10(11(17)16(9)2)14-15-12(13)19/h4-6,17H,3H2,1-2H3,(H2,13,19). The molecule has 0 amide bonds. The first kappa shape index (κ1) is 13.3. The van der Waals surface area contributed by atoms with Crippen LogP contribution in [0.25, 0.3) is 10.9 Å². The predicted octanol–water partition coefficient (Wildman–Crippen LogP) is 2.61. The van der Waals surface area contributed by atoms with Crippen LogP contribution in [0.2, 0.25) is 0 Å². The zero-order valence-electron chi connectivity index (χ0n) is 10.6. The molecule has 2 rings (SSSR count). The molecule has 0 bridgehead atoms. The van der Waals surface area contributed by atoms with Gasteiger partial charge in [-0.3, -0.25) is 0 Å². The molecule has 19 heavy (non-hydrogen) atoms. The van der Waals surface area contributed by atoms with E-state index in [1.165, 1.54) is 0 Å². The fraction of sp³-hybridized carbons (Fsp3) is 0.250. The van der Waals surface area contributed by atoms with E-state index in [9.17, 15) is 5.11 Å². The first-order valence-electron chi connectivity index (χ1n) is 5.70. The molecule has 7 heteroatoms. The SMILES string of the molecule is CCOc1ccc2c(c1)c(N=NC(N)=S)c(O)n2C. The molecule has 0 aliphatic carbocycles. The zero-order valence-corrected chi connectivity index (χ0v) is 11.4. The first-order valence-corrected chi connectivity index (χ1v) is 6.10. The van der Waals surface area contributed by atoms with Crippen LogP contribution in [-0.2, 0) is 7.05 Å². The van der Waals surface area contributed by atoms with Gasteiger partial charge in [0.15, 0.2) is 5.69 Å². The third-order valence-corrected chi connectivity index (χ3v) is 2.76. The van der Waals surface area contributed by atoms with E-state index in [1.807, 2.05) is 19.1 Å². The maximum Gasteiger partial charge on any atom is 0.220 e. The van der Waals surface area contributed by atoms with E-state index in [0.29, 0.717) is 18.0 Å². The molecular weight excluding hydrogens is 264 g/mol. The van der Waals surface area contributed by atoms with Gasteiger partial charge in [-0.15, -0.1) is 10.2 Å². The van der Waals surface area contributed by atoms with Crippen LogP contribution in [0, 0.1) is 0 Å². The molecule has 1 heterocycles. The Morgan fingerprint density at radius 3 is 2.89 bits per heavy atom. The number of rotatable bonds is 3. The Morgan fingerprint density at radius 1 is 1.53 bits per heavy atom. The molecule has 0 spiro atoms. The predicted molar refractivity (Wildman–Crippen MR) is 77.1 cm³/mol. The maximum absolute atomic E-state index is 10.0. The molecule has 0 unspecified atom stereocenters. The van der Waals surface area contributed by atoms with Crippen molar-refractivity contribution in [1.29, 1.82) is 0 Å². The van der Waals surface area contributed by atoms with Gasteiger partial charge < -0.3 is 20.1 Å². The van der Waals surface area contributed by atoms with Gasteiger partial charge in [0.1, 0.15) is 5.75 Å². The van der Waals surface area contributed by atoms with Gasteiger partial charge in [0.25, 0.3) is 0 Å². The van der Waals surface area contributed by atoms with Crippen LogP contribution in [0.4, 0.5) is 5.69 Å². The van der Waals surface area contributed by atoms with Gasteiger partial charge in [-0.05, 0) is 37.3 Å². The average Bonchev–Trinajstić information content (AvgIpc) is 2.60. The van der Waals surface area contributed by atoms with Crippen molar-refractivity contribution in [2.24, 2.45) is 23.0 Å². The van der Waals surface area contributed by atoms with Crippen molar-refractivity contribution in [3.05, 3.63) is 18.2 Å². The monoisotopic (exact) mass is 278 g/mol. The first-order chi connectivity index (χ1) is 9.04. The highest BCUT2D eigenvalue weighted by molar-refractivity contribution is 7.80. The van der Waals surface area contributed by atoms with E-state index in [4.69, 9.17) is 10.5 Å². The molecule has 0 atom stereocenters. The van der Waals surface area contributed by atoms with Gasteiger partial charge in [-0.25, -0.2) is 0 Å². The molecule has 0 aliphatic heterocycles. The van der Waals surface area contributed by atoms with Crippen molar-refractivity contribution in [2.45, 2.75) is 6.92 Å². The second-order valence-electron chi connectivity index (χ2n) is 3.88. The number of azo groups is 1. The van der Waals surface area contributed by atoms with Crippen LogP contribution in [-0.4, -0.2) is 21.4 Å². The van der Waals surface area contributed by atoms with Crippen molar-refractivity contribution >= 4 is 33.9 Å². The smallest absolute Gasteiger partial charge is 0.220 e. The van der Waals surface area contributed by atoms with Crippen LogP contribution in [0.3, 0.4) is 0 Å². The van der Waals surface area contributed by atoms with E-state index >= 15 is 0 Å². The summed E-state index contributed by atoms with van der Waals surface area (Å²) in [4.78, 5) is 0. The Morgan fingerprint density at radius 2 is 2.26 bits per heavy atom.